The summed E-state index contributed by atoms with van der Waals surface area (Å²) in [5.74, 6) is 1.02. The first kappa shape index (κ1) is 18.2. The molecule has 1 aromatic carbocycles. The molecular weight excluding hydrogens is 306 g/mol. The Balaban J connectivity index is 1.97. The van der Waals surface area contributed by atoms with Crippen molar-refractivity contribution in [1.29, 1.82) is 0 Å². The molecule has 0 unspecified atom stereocenters. The molecule has 0 amide bonds. The molecule has 128 valence electrons. The number of rotatable bonds is 5. The van der Waals surface area contributed by atoms with Gasteiger partial charge in [-0.05, 0) is 42.4 Å². The first-order chi connectivity index (χ1) is 10.7. The molecule has 1 aliphatic heterocycles. The molecule has 1 aromatic rings. The molecule has 0 aromatic heterocycles. The van der Waals surface area contributed by atoms with E-state index in [-0.39, 0.29) is 10.8 Å². The van der Waals surface area contributed by atoms with Crippen LogP contribution >= 0.6 is 0 Å². The van der Waals surface area contributed by atoms with Crippen molar-refractivity contribution in [3.8, 4) is 5.75 Å². The molecule has 1 aliphatic rings. The molecule has 0 saturated carbocycles. The molecule has 0 N–H and O–H groups in total. The van der Waals surface area contributed by atoms with Crippen LogP contribution in [0.4, 0.5) is 0 Å². The third kappa shape index (κ3) is 4.90. The second kappa shape index (κ2) is 7.15. The maximum absolute atomic E-state index is 12.4. The molecule has 2 rings (SSSR count). The summed E-state index contributed by atoms with van der Waals surface area (Å²) in [6, 6.07) is 7.61. The minimum absolute atomic E-state index is 0.158. The van der Waals surface area contributed by atoms with Gasteiger partial charge in [0.1, 0.15) is 5.75 Å². The predicted octanol–water partition coefficient (Wildman–Crippen LogP) is 3.59. The Morgan fingerprint density at radius 3 is 2.26 bits per heavy atom. The van der Waals surface area contributed by atoms with Crippen LogP contribution in [-0.2, 0) is 4.74 Å². The fraction of sp³-hybridized carbons (Fsp3) is 0.611. The second-order valence-electron chi connectivity index (χ2n) is 7.70. The van der Waals surface area contributed by atoms with Crippen LogP contribution in [0.3, 0.4) is 0 Å². The monoisotopic (exact) mass is 335 g/mol. The number of ether oxygens (including phenoxy) is 1. The third-order valence-corrected chi connectivity index (χ3v) is 9.18. The van der Waals surface area contributed by atoms with Crippen LogP contribution in [0.15, 0.2) is 24.3 Å². The molecule has 0 aliphatic carbocycles. The smallest absolute Gasteiger partial charge is 0.250 e. The minimum Gasteiger partial charge on any atom is -0.544 e. The van der Waals surface area contributed by atoms with Crippen LogP contribution in [-0.4, -0.2) is 51.8 Å². The Labute approximate surface area is 140 Å². The Morgan fingerprint density at radius 1 is 1.17 bits per heavy atom. The number of carbonyl (C=O) groups is 1. The van der Waals surface area contributed by atoms with Crippen LogP contribution in [0.2, 0.25) is 18.1 Å². The van der Waals surface area contributed by atoms with Gasteiger partial charge in [0.15, 0.2) is 5.78 Å². The molecular formula is C18H29NO3Si. The van der Waals surface area contributed by atoms with E-state index in [1.54, 1.807) is 0 Å². The highest BCUT2D eigenvalue weighted by molar-refractivity contribution is 6.74. The van der Waals surface area contributed by atoms with Gasteiger partial charge in [-0.25, -0.2) is 0 Å². The van der Waals surface area contributed by atoms with E-state index in [0.29, 0.717) is 19.8 Å². The van der Waals surface area contributed by atoms with E-state index in [2.05, 4.69) is 38.8 Å². The third-order valence-electron chi connectivity index (χ3n) is 4.83. The zero-order chi connectivity index (χ0) is 17.1. The van der Waals surface area contributed by atoms with Gasteiger partial charge in [-0.1, -0.05) is 20.8 Å². The van der Waals surface area contributed by atoms with Crippen LogP contribution in [0, 0.1) is 0 Å². The van der Waals surface area contributed by atoms with Gasteiger partial charge in [0.05, 0.1) is 19.8 Å². The first-order valence-electron chi connectivity index (χ1n) is 8.31. The van der Waals surface area contributed by atoms with E-state index < -0.39 is 8.32 Å². The quantitative estimate of drug-likeness (QED) is 0.609. The summed E-state index contributed by atoms with van der Waals surface area (Å²) >= 11 is 0. The molecule has 0 atom stereocenters. The standard InChI is InChI=1S/C18H29NO3Si/c1-18(2,3)23(4,5)22-16-8-6-15(7-9-16)17(20)14-19-10-12-21-13-11-19/h6-9H,10-14H2,1-5H3. The predicted molar refractivity (Wildman–Crippen MR) is 95.9 cm³/mol. The number of ketones is 1. The van der Waals surface area contributed by atoms with E-state index in [4.69, 9.17) is 9.16 Å². The van der Waals surface area contributed by atoms with E-state index in [1.165, 1.54) is 0 Å². The normalized spacial score (nSPS) is 17.1. The average molecular weight is 336 g/mol. The van der Waals surface area contributed by atoms with Crippen LogP contribution in [0.1, 0.15) is 31.1 Å². The van der Waals surface area contributed by atoms with Gasteiger partial charge in [0.25, 0.3) is 0 Å². The van der Waals surface area contributed by atoms with Gasteiger partial charge in [-0.15, -0.1) is 0 Å². The Kier molecular flexibility index (Phi) is 5.65. The summed E-state index contributed by atoms with van der Waals surface area (Å²) in [5.41, 5.74) is 0.749. The molecule has 0 spiro atoms. The number of Topliss-reactive ketones (excluding diaryl/α,β-unsaturated/α-hetero) is 1. The molecule has 1 saturated heterocycles. The Morgan fingerprint density at radius 2 is 1.74 bits per heavy atom. The van der Waals surface area contributed by atoms with Crippen LogP contribution < -0.4 is 4.43 Å². The Bertz CT molecular complexity index is 528. The highest BCUT2D eigenvalue weighted by Crippen LogP contribution is 2.37. The summed E-state index contributed by atoms with van der Waals surface area (Å²) in [4.78, 5) is 14.5. The summed E-state index contributed by atoms with van der Waals surface area (Å²) < 4.78 is 11.6. The van der Waals surface area contributed by atoms with Crippen LogP contribution in [0.5, 0.6) is 5.75 Å². The van der Waals surface area contributed by atoms with Crippen molar-refractivity contribution in [2.45, 2.75) is 38.9 Å². The van der Waals surface area contributed by atoms with Gasteiger partial charge in [-0.3, -0.25) is 9.69 Å². The zero-order valence-corrected chi connectivity index (χ0v) is 16.0. The molecule has 4 nitrogen and oxygen atoms in total. The van der Waals surface area contributed by atoms with Crippen molar-refractivity contribution in [2.24, 2.45) is 0 Å². The molecule has 1 heterocycles. The lowest BCUT2D eigenvalue weighted by Gasteiger charge is -2.36. The number of morpholine rings is 1. The van der Waals surface area contributed by atoms with E-state index >= 15 is 0 Å². The Hall–Kier alpha value is -1.17. The SMILES string of the molecule is CC(C)(C)[Si](C)(C)Oc1ccc(C(=O)CN2CCOCC2)cc1. The van der Waals surface area contributed by atoms with Gasteiger partial charge in [0, 0.05) is 18.7 Å². The largest absolute Gasteiger partial charge is 0.544 e. The van der Waals surface area contributed by atoms with E-state index in [1.807, 2.05) is 24.3 Å². The zero-order valence-electron chi connectivity index (χ0n) is 15.0. The molecule has 23 heavy (non-hydrogen) atoms. The van der Waals surface area contributed by atoms with Crippen molar-refractivity contribution >= 4 is 14.1 Å². The molecule has 1 fully saturated rings. The van der Waals surface area contributed by atoms with E-state index in [0.717, 1.165) is 24.4 Å². The average Bonchev–Trinajstić information content (AvgIpc) is 2.47. The van der Waals surface area contributed by atoms with Crippen molar-refractivity contribution in [3.63, 3.8) is 0 Å². The molecule has 5 heteroatoms. The maximum atomic E-state index is 12.4. The number of carbonyl (C=O) groups excluding carboxylic acids is 1. The lowest BCUT2D eigenvalue weighted by atomic mass is 10.1. The fourth-order valence-corrected chi connectivity index (χ4v) is 3.24. The molecule has 0 radical (unpaired) electrons. The maximum Gasteiger partial charge on any atom is 0.250 e. The first-order valence-corrected chi connectivity index (χ1v) is 11.2. The summed E-state index contributed by atoms with van der Waals surface area (Å²) in [7, 11) is -1.83. The van der Waals surface area contributed by atoms with Gasteiger partial charge in [-0.2, -0.15) is 0 Å². The molecule has 0 bridgehead atoms. The van der Waals surface area contributed by atoms with Crippen LogP contribution in [0.25, 0.3) is 0 Å². The number of hydrogen-bond donors (Lipinski definition) is 0. The summed E-state index contributed by atoms with van der Waals surface area (Å²) in [6.07, 6.45) is 0. The highest BCUT2D eigenvalue weighted by Gasteiger charge is 2.38. The number of nitrogens with zero attached hydrogens (tertiary/aromatic N) is 1. The lowest BCUT2D eigenvalue weighted by molar-refractivity contribution is 0.0371. The number of benzene rings is 1. The highest BCUT2D eigenvalue weighted by atomic mass is 28.4. The topological polar surface area (TPSA) is 38.8 Å². The van der Waals surface area contributed by atoms with E-state index in [9.17, 15) is 4.79 Å². The summed E-state index contributed by atoms with van der Waals surface area (Å²) in [5, 5.41) is 0.165. The van der Waals surface area contributed by atoms with Crippen molar-refractivity contribution in [2.75, 3.05) is 32.8 Å². The van der Waals surface area contributed by atoms with Crippen molar-refractivity contribution in [1.82, 2.24) is 4.90 Å². The summed E-state index contributed by atoms with van der Waals surface area (Å²) in [6.45, 7) is 14.7. The van der Waals surface area contributed by atoms with Crippen molar-refractivity contribution in [3.05, 3.63) is 29.8 Å². The van der Waals surface area contributed by atoms with Gasteiger partial charge < -0.3 is 9.16 Å². The minimum atomic E-state index is -1.83. The van der Waals surface area contributed by atoms with Gasteiger partial charge in [0.2, 0.25) is 8.32 Å². The fourth-order valence-electron chi connectivity index (χ4n) is 2.21. The van der Waals surface area contributed by atoms with Gasteiger partial charge >= 0.3 is 0 Å². The number of hydrogen-bond acceptors (Lipinski definition) is 4. The lowest BCUT2D eigenvalue weighted by Crippen LogP contribution is -2.43. The second-order valence-corrected chi connectivity index (χ2v) is 12.4. The van der Waals surface area contributed by atoms with Crippen molar-refractivity contribution < 1.29 is 14.0 Å².